The lowest BCUT2D eigenvalue weighted by Gasteiger charge is -2.33. The smallest absolute Gasteiger partial charge is 0.234 e. The van der Waals surface area contributed by atoms with Crippen molar-refractivity contribution >= 4 is 5.91 Å². The van der Waals surface area contributed by atoms with Gasteiger partial charge in [-0.05, 0) is 57.4 Å². The van der Waals surface area contributed by atoms with Gasteiger partial charge in [0.1, 0.15) is 5.82 Å². The van der Waals surface area contributed by atoms with Crippen molar-refractivity contribution in [3.63, 3.8) is 0 Å². The summed E-state index contributed by atoms with van der Waals surface area (Å²) in [7, 11) is 0. The molecule has 0 radical (unpaired) electrons. The summed E-state index contributed by atoms with van der Waals surface area (Å²) in [5, 5.41) is 13.0. The van der Waals surface area contributed by atoms with Crippen LogP contribution >= 0.6 is 0 Å². The highest BCUT2D eigenvalue weighted by Crippen LogP contribution is 2.26. The van der Waals surface area contributed by atoms with Crippen molar-refractivity contribution in [2.75, 3.05) is 19.6 Å². The Morgan fingerprint density at radius 3 is 2.73 bits per heavy atom. The third-order valence-corrected chi connectivity index (χ3v) is 4.17. The number of aliphatic hydroxyl groups is 1. The number of amides is 1. The van der Waals surface area contributed by atoms with E-state index in [0.29, 0.717) is 19.5 Å². The van der Waals surface area contributed by atoms with E-state index in [2.05, 4.69) is 5.32 Å². The first kappa shape index (κ1) is 16.9. The fourth-order valence-corrected chi connectivity index (χ4v) is 3.05. The van der Waals surface area contributed by atoms with E-state index in [1.54, 1.807) is 26.0 Å². The summed E-state index contributed by atoms with van der Waals surface area (Å²) in [6.07, 6.45) is 2.62. The molecule has 2 N–H and O–H groups in total. The number of hydrogen-bond donors (Lipinski definition) is 2. The molecule has 1 aromatic rings. The largest absolute Gasteiger partial charge is 0.389 e. The number of nitrogens with one attached hydrogen (secondary N) is 1. The molecule has 1 saturated heterocycles. The Labute approximate surface area is 131 Å². The fourth-order valence-electron chi connectivity index (χ4n) is 3.05. The molecule has 1 fully saturated rings. The summed E-state index contributed by atoms with van der Waals surface area (Å²) in [5.74, 6) is -0.280. The van der Waals surface area contributed by atoms with Crippen LogP contribution in [-0.2, 0) is 11.2 Å². The highest BCUT2D eigenvalue weighted by atomic mass is 19.1. The van der Waals surface area contributed by atoms with Gasteiger partial charge >= 0.3 is 0 Å². The standard InChI is InChI=1S/C17H25FN2O2/c1-17(2,22)15-4-3-11-20(15)12-16(21)19-10-9-13-5-7-14(18)8-6-13/h5-8,15,22H,3-4,9-12H2,1-2H3,(H,19,21). The highest BCUT2D eigenvalue weighted by Gasteiger charge is 2.36. The molecule has 1 amide bonds. The lowest BCUT2D eigenvalue weighted by atomic mass is 9.97. The van der Waals surface area contributed by atoms with Crippen LogP contribution in [0, 0.1) is 5.82 Å². The van der Waals surface area contributed by atoms with Gasteiger partial charge in [-0.15, -0.1) is 0 Å². The first-order chi connectivity index (χ1) is 10.4. The Kier molecular flexibility index (Phi) is 5.53. The van der Waals surface area contributed by atoms with Gasteiger partial charge in [0.2, 0.25) is 5.91 Å². The molecule has 0 saturated carbocycles. The zero-order valence-electron chi connectivity index (χ0n) is 13.3. The number of benzene rings is 1. The third-order valence-electron chi connectivity index (χ3n) is 4.17. The zero-order valence-corrected chi connectivity index (χ0v) is 13.3. The number of rotatable bonds is 6. The van der Waals surface area contributed by atoms with Gasteiger partial charge in [0, 0.05) is 12.6 Å². The Hall–Kier alpha value is -1.46. The molecular formula is C17H25FN2O2. The molecule has 0 bridgehead atoms. The molecule has 1 heterocycles. The molecular weight excluding hydrogens is 283 g/mol. The first-order valence-electron chi connectivity index (χ1n) is 7.84. The summed E-state index contributed by atoms with van der Waals surface area (Å²) in [6, 6.07) is 6.35. The molecule has 0 spiro atoms. The number of halogens is 1. The SMILES string of the molecule is CC(C)(O)C1CCCN1CC(=O)NCCc1ccc(F)cc1. The molecule has 1 aromatic carbocycles. The van der Waals surface area contributed by atoms with Gasteiger partial charge in [0.05, 0.1) is 12.1 Å². The van der Waals surface area contributed by atoms with Crippen LogP contribution in [0.5, 0.6) is 0 Å². The molecule has 122 valence electrons. The van der Waals surface area contributed by atoms with Gasteiger partial charge in [-0.25, -0.2) is 4.39 Å². The lowest BCUT2D eigenvalue weighted by Crippen LogP contribution is -2.49. The summed E-state index contributed by atoms with van der Waals surface area (Å²) in [6.45, 7) is 5.29. The second kappa shape index (κ2) is 7.20. The van der Waals surface area contributed by atoms with Crippen molar-refractivity contribution in [1.82, 2.24) is 10.2 Å². The molecule has 1 unspecified atom stereocenters. The van der Waals surface area contributed by atoms with Gasteiger partial charge in [-0.3, -0.25) is 9.69 Å². The molecule has 0 aromatic heterocycles. The Bertz CT molecular complexity index is 496. The van der Waals surface area contributed by atoms with Crippen LogP contribution in [-0.4, -0.2) is 47.2 Å². The van der Waals surface area contributed by atoms with E-state index < -0.39 is 5.60 Å². The monoisotopic (exact) mass is 308 g/mol. The van der Waals surface area contributed by atoms with Crippen molar-refractivity contribution < 1.29 is 14.3 Å². The number of carbonyl (C=O) groups excluding carboxylic acids is 1. The lowest BCUT2D eigenvalue weighted by molar-refractivity contribution is -0.123. The molecule has 5 heteroatoms. The first-order valence-corrected chi connectivity index (χ1v) is 7.84. The quantitative estimate of drug-likeness (QED) is 0.841. The molecule has 4 nitrogen and oxygen atoms in total. The predicted molar refractivity (Wildman–Crippen MR) is 84.0 cm³/mol. The normalized spacial score (nSPS) is 19.4. The number of likely N-dealkylation sites (tertiary alicyclic amines) is 1. The van der Waals surface area contributed by atoms with Crippen LogP contribution in [0.2, 0.25) is 0 Å². The molecule has 22 heavy (non-hydrogen) atoms. The van der Waals surface area contributed by atoms with Gasteiger partial charge in [0.15, 0.2) is 0 Å². The van der Waals surface area contributed by atoms with E-state index in [9.17, 15) is 14.3 Å². The van der Waals surface area contributed by atoms with Crippen molar-refractivity contribution in [2.24, 2.45) is 0 Å². The van der Waals surface area contributed by atoms with Crippen molar-refractivity contribution in [3.8, 4) is 0 Å². The highest BCUT2D eigenvalue weighted by molar-refractivity contribution is 5.78. The molecule has 0 aliphatic carbocycles. The van der Waals surface area contributed by atoms with E-state index >= 15 is 0 Å². The summed E-state index contributed by atoms with van der Waals surface area (Å²) in [4.78, 5) is 14.1. The van der Waals surface area contributed by atoms with Crippen LogP contribution in [0.4, 0.5) is 4.39 Å². The average Bonchev–Trinajstić information content (AvgIpc) is 2.89. The second-order valence-corrected chi connectivity index (χ2v) is 6.51. The van der Waals surface area contributed by atoms with E-state index in [-0.39, 0.29) is 17.8 Å². The maximum Gasteiger partial charge on any atom is 0.234 e. The van der Waals surface area contributed by atoms with Crippen LogP contribution in [0.3, 0.4) is 0 Å². The van der Waals surface area contributed by atoms with Crippen LogP contribution in [0.1, 0.15) is 32.3 Å². The van der Waals surface area contributed by atoms with Gasteiger partial charge in [-0.1, -0.05) is 12.1 Å². The maximum atomic E-state index is 12.8. The second-order valence-electron chi connectivity index (χ2n) is 6.51. The summed E-state index contributed by atoms with van der Waals surface area (Å²) in [5.41, 5.74) is 0.211. The van der Waals surface area contributed by atoms with Crippen molar-refractivity contribution in [3.05, 3.63) is 35.6 Å². The van der Waals surface area contributed by atoms with Crippen LogP contribution in [0.15, 0.2) is 24.3 Å². The summed E-state index contributed by atoms with van der Waals surface area (Å²) >= 11 is 0. The number of hydrogen-bond acceptors (Lipinski definition) is 3. The molecule has 1 aliphatic rings. The minimum absolute atomic E-state index is 0.0294. The molecule has 1 atom stereocenters. The fraction of sp³-hybridized carbons (Fsp3) is 0.588. The summed E-state index contributed by atoms with van der Waals surface area (Å²) < 4.78 is 12.8. The van der Waals surface area contributed by atoms with Crippen molar-refractivity contribution in [2.45, 2.75) is 44.8 Å². The van der Waals surface area contributed by atoms with Crippen molar-refractivity contribution in [1.29, 1.82) is 0 Å². The van der Waals surface area contributed by atoms with E-state index in [4.69, 9.17) is 0 Å². The number of nitrogens with zero attached hydrogens (tertiary/aromatic N) is 1. The number of carbonyl (C=O) groups is 1. The predicted octanol–water partition coefficient (Wildman–Crippen LogP) is 1.72. The zero-order chi connectivity index (χ0) is 16.2. The maximum absolute atomic E-state index is 12.8. The van der Waals surface area contributed by atoms with E-state index in [0.717, 1.165) is 24.9 Å². The molecule has 1 aliphatic heterocycles. The van der Waals surface area contributed by atoms with Crippen LogP contribution in [0.25, 0.3) is 0 Å². The Balaban J connectivity index is 1.75. The Morgan fingerprint density at radius 2 is 2.09 bits per heavy atom. The minimum atomic E-state index is -0.787. The van der Waals surface area contributed by atoms with E-state index in [1.807, 2.05) is 4.90 Å². The average molecular weight is 308 g/mol. The van der Waals surface area contributed by atoms with Gasteiger partial charge in [-0.2, -0.15) is 0 Å². The van der Waals surface area contributed by atoms with Gasteiger partial charge in [0.25, 0.3) is 0 Å². The van der Waals surface area contributed by atoms with Crippen LogP contribution < -0.4 is 5.32 Å². The third kappa shape index (κ3) is 4.78. The minimum Gasteiger partial charge on any atom is -0.389 e. The molecule has 2 rings (SSSR count). The van der Waals surface area contributed by atoms with E-state index in [1.165, 1.54) is 12.1 Å². The topological polar surface area (TPSA) is 52.6 Å². The Morgan fingerprint density at radius 1 is 1.41 bits per heavy atom. The van der Waals surface area contributed by atoms with Gasteiger partial charge < -0.3 is 10.4 Å².